The molecule has 0 aliphatic heterocycles. The van der Waals surface area contributed by atoms with Gasteiger partial charge in [-0.1, -0.05) is 6.07 Å². The molecule has 0 radical (unpaired) electrons. The highest BCUT2D eigenvalue weighted by atomic mass is 32.1. The second-order valence-electron chi connectivity index (χ2n) is 4.85. The van der Waals surface area contributed by atoms with Gasteiger partial charge in [-0.3, -0.25) is 4.79 Å². The number of carbonyl (C=O) groups excluding carboxylic acids is 2. The molecular weight excluding hydrogens is 324 g/mol. The van der Waals surface area contributed by atoms with E-state index < -0.39 is 29.6 Å². The molecule has 1 aromatic heterocycles. The summed E-state index contributed by atoms with van der Waals surface area (Å²) >= 11 is 1.40. The minimum Gasteiger partial charge on any atom is -0.467 e. The van der Waals surface area contributed by atoms with Crippen LogP contribution in [0.4, 0.5) is 8.78 Å². The lowest BCUT2D eigenvalue weighted by Gasteiger charge is -2.26. The largest absolute Gasteiger partial charge is 0.467 e. The normalized spacial score (nSPS) is 11.8. The first-order valence-corrected chi connectivity index (χ1v) is 7.62. The summed E-state index contributed by atoms with van der Waals surface area (Å²) in [7, 11) is 2.49. The molecule has 122 valence electrons. The van der Waals surface area contributed by atoms with E-state index in [0.29, 0.717) is 0 Å². The van der Waals surface area contributed by atoms with Crippen LogP contribution in [0.5, 0.6) is 0 Å². The molecule has 0 aliphatic carbocycles. The summed E-state index contributed by atoms with van der Waals surface area (Å²) in [5, 5.41) is 1.83. The minimum atomic E-state index is -1.34. The molecule has 1 amide bonds. The monoisotopic (exact) mass is 339 g/mol. The Balaban J connectivity index is 2.32. The van der Waals surface area contributed by atoms with Gasteiger partial charge in [-0.2, -0.15) is 0 Å². The molecule has 2 rings (SSSR count). The number of rotatable bonds is 5. The van der Waals surface area contributed by atoms with Crippen LogP contribution in [0.2, 0.25) is 0 Å². The van der Waals surface area contributed by atoms with Crippen molar-refractivity contribution in [3.05, 3.63) is 57.8 Å². The van der Waals surface area contributed by atoms with Gasteiger partial charge in [0.05, 0.1) is 13.5 Å². The Labute approximate surface area is 136 Å². The summed E-state index contributed by atoms with van der Waals surface area (Å²) in [6.45, 7) is 0. The first-order chi connectivity index (χ1) is 10.9. The average molecular weight is 339 g/mol. The third kappa shape index (κ3) is 3.92. The van der Waals surface area contributed by atoms with E-state index >= 15 is 0 Å². The quantitative estimate of drug-likeness (QED) is 0.787. The van der Waals surface area contributed by atoms with Gasteiger partial charge in [-0.25, -0.2) is 13.6 Å². The van der Waals surface area contributed by atoms with Crippen LogP contribution in [0.3, 0.4) is 0 Å². The second kappa shape index (κ2) is 7.32. The van der Waals surface area contributed by atoms with Crippen molar-refractivity contribution >= 4 is 23.2 Å². The number of hydrogen-bond acceptors (Lipinski definition) is 4. The predicted octanol–water partition coefficient (Wildman–Crippen LogP) is 2.94. The summed E-state index contributed by atoms with van der Waals surface area (Å²) in [5.74, 6) is -2.71. The first kappa shape index (κ1) is 17.1. The fraction of sp³-hybridized carbons (Fsp3) is 0.250. The molecule has 0 fully saturated rings. The van der Waals surface area contributed by atoms with Crippen molar-refractivity contribution in [2.24, 2.45) is 0 Å². The maximum atomic E-state index is 14.0. The number of thiophene rings is 1. The van der Waals surface area contributed by atoms with Crippen molar-refractivity contribution in [3.63, 3.8) is 0 Å². The molecule has 23 heavy (non-hydrogen) atoms. The molecule has 1 unspecified atom stereocenters. The summed E-state index contributed by atoms with van der Waals surface area (Å²) < 4.78 is 32.1. The summed E-state index contributed by atoms with van der Waals surface area (Å²) in [5.41, 5.74) is -0.237. The van der Waals surface area contributed by atoms with E-state index in [0.717, 1.165) is 35.1 Å². The van der Waals surface area contributed by atoms with Crippen LogP contribution < -0.4 is 0 Å². The predicted molar refractivity (Wildman–Crippen MR) is 81.9 cm³/mol. The number of ether oxygens (including phenoxy) is 1. The molecular formula is C16H15F2NO3S. The Kier molecular flexibility index (Phi) is 5.44. The number of carbonyl (C=O) groups is 2. The molecule has 0 bridgehead atoms. The van der Waals surface area contributed by atoms with Gasteiger partial charge in [0, 0.05) is 17.5 Å². The van der Waals surface area contributed by atoms with Crippen molar-refractivity contribution < 1.29 is 23.1 Å². The Bertz CT molecular complexity index is 703. The fourth-order valence-corrected chi connectivity index (χ4v) is 2.86. The molecule has 1 heterocycles. The van der Waals surface area contributed by atoms with Crippen molar-refractivity contribution in [1.29, 1.82) is 0 Å². The Morgan fingerprint density at radius 3 is 2.65 bits per heavy atom. The van der Waals surface area contributed by atoms with Crippen LogP contribution in [-0.4, -0.2) is 30.9 Å². The average Bonchev–Trinajstić information content (AvgIpc) is 3.03. The van der Waals surface area contributed by atoms with Crippen LogP contribution in [0.1, 0.15) is 16.5 Å². The van der Waals surface area contributed by atoms with E-state index in [-0.39, 0.29) is 12.0 Å². The number of nitrogens with zero attached hydrogens (tertiary/aromatic N) is 1. The number of likely N-dealkylation sites (N-methyl/N-ethyl adjacent to an activating group) is 1. The zero-order chi connectivity index (χ0) is 17.0. The van der Waals surface area contributed by atoms with E-state index in [1.165, 1.54) is 18.4 Å². The molecule has 0 aliphatic rings. The molecule has 0 saturated carbocycles. The third-order valence-corrected chi connectivity index (χ3v) is 4.24. The maximum Gasteiger partial charge on any atom is 0.333 e. The highest BCUT2D eigenvalue weighted by Crippen LogP contribution is 2.26. The molecule has 4 nitrogen and oxygen atoms in total. The number of esters is 1. The zero-order valence-corrected chi connectivity index (χ0v) is 13.4. The van der Waals surface area contributed by atoms with E-state index in [2.05, 4.69) is 4.74 Å². The minimum absolute atomic E-state index is 0.0681. The lowest BCUT2D eigenvalue weighted by atomic mass is 10.0. The van der Waals surface area contributed by atoms with Gasteiger partial charge in [0.1, 0.15) is 11.6 Å². The van der Waals surface area contributed by atoms with E-state index in [1.807, 2.05) is 5.38 Å². The van der Waals surface area contributed by atoms with Crippen molar-refractivity contribution in [2.75, 3.05) is 14.2 Å². The van der Waals surface area contributed by atoms with Gasteiger partial charge in [-0.05, 0) is 29.6 Å². The molecule has 1 atom stereocenters. The molecule has 0 saturated heterocycles. The highest BCUT2D eigenvalue weighted by molar-refractivity contribution is 7.10. The topological polar surface area (TPSA) is 46.6 Å². The van der Waals surface area contributed by atoms with Crippen LogP contribution in [0.15, 0.2) is 35.7 Å². The summed E-state index contributed by atoms with van der Waals surface area (Å²) in [4.78, 5) is 26.3. The molecule has 1 aromatic carbocycles. The lowest BCUT2D eigenvalue weighted by molar-refractivity contribution is -0.152. The number of methoxy groups -OCH3 is 1. The van der Waals surface area contributed by atoms with Crippen molar-refractivity contribution in [2.45, 2.75) is 12.5 Å². The molecule has 0 N–H and O–H groups in total. The highest BCUT2D eigenvalue weighted by Gasteiger charge is 2.32. The SMILES string of the molecule is COC(=O)C(c1cc(F)ccc1F)N(C)C(=O)Cc1cccs1. The Morgan fingerprint density at radius 1 is 1.30 bits per heavy atom. The van der Waals surface area contributed by atoms with Crippen molar-refractivity contribution in [3.8, 4) is 0 Å². The second-order valence-corrected chi connectivity index (χ2v) is 5.88. The summed E-state index contributed by atoms with van der Waals surface area (Å²) in [6.07, 6.45) is 0.0681. The molecule has 0 spiro atoms. The number of amides is 1. The van der Waals surface area contributed by atoms with Gasteiger partial charge in [0.15, 0.2) is 6.04 Å². The lowest BCUT2D eigenvalue weighted by Crippen LogP contribution is -2.37. The zero-order valence-electron chi connectivity index (χ0n) is 12.6. The van der Waals surface area contributed by atoms with Gasteiger partial charge in [0.25, 0.3) is 0 Å². The first-order valence-electron chi connectivity index (χ1n) is 6.75. The molecule has 2 aromatic rings. The maximum absolute atomic E-state index is 14.0. The van der Waals surface area contributed by atoms with E-state index in [4.69, 9.17) is 0 Å². The Hall–Kier alpha value is -2.28. The smallest absolute Gasteiger partial charge is 0.333 e. The van der Waals surface area contributed by atoms with E-state index in [1.54, 1.807) is 12.1 Å². The van der Waals surface area contributed by atoms with E-state index in [9.17, 15) is 18.4 Å². The Morgan fingerprint density at radius 2 is 2.04 bits per heavy atom. The van der Waals surface area contributed by atoms with Crippen LogP contribution in [0, 0.1) is 11.6 Å². The number of halogens is 2. The van der Waals surface area contributed by atoms with Crippen LogP contribution in [-0.2, 0) is 20.7 Å². The van der Waals surface area contributed by atoms with Gasteiger partial charge >= 0.3 is 5.97 Å². The van der Waals surface area contributed by atoms with Crippen LogP contribution >= 0.6 is 11.3 Å². The van der Waals surface area contributed by atoms with Gasteiger partial charge in [-0.15, -0.1) is 11.3 Å². The van der Waals surface area contributed by atoms with Gasteiger partial charge < -0.3 is 9.64 Å². The fourth-order valence-electron chi connectivity index (χ4n) is 2.16. The summed E-state index contributed by atoms with van der Waals surface area (Å²) in [6, 6.07) is 5.00. The number of benzene rings is 1. The van der Waals surface area contributed by atoms with Crippen LogP contribution in [0.25, 0.3) is 0 Å². The van der Waals surface area contributed by atoms with Crippen molar-refractivity contribution in [1.82, 2.24) is 4.90 Å². The standard InChI is InChI=1S/C16H15F2NO3S/c1-19(14(20)9-11-4-3-7-23-11)15(16(21)22-2)12-8-10(17)5-6-13(12)18/h3-8,15H,9H2,1-2H3. The molecule has 7 heteroatoms. The number of hydrogen-bond donors (Lipinski definition) is 0. The third-order valence-electron chi connectivity index (χ3n) is 3.36. The van der Waals surface area contributed by atoms with Gasteiger partial charge in [0.2, 0.25) is 5.91 Å².